The lowest BCUT2D eigenvalue weighted by Crippen LogP contribution is -2.30. The Morgan fingerprint density at radius 2 is 1.55 bits per heavy atom. The first-order valence-corrected chi connectivity index (χ1v) is 6.57. The molecule has 0 spiro atoms. The second-order valence-electron chi connectivity index (χ2n) is 4.75. The van der Waals surface area contributed by atoms with E-state index in [0.29, 0.717) is 16.8 Å². The fraction of sp³-hybridized carbons (Fsp3) is 0. The van der Waals surface area contributed by atoms with Crippen molar-refractivity contribution in [2.24, 2.45) is 0 Å². The number of carboxylic acid groups (broad SMARTS) is 1. The molecule has 1 N–H and O–H groups in total. The Bertz CT molecular complexity index is 791. The number of hydrogen-bond donors (Lipinski definition) is 1. The number of aromatic carboxylic acids is 1. The first-order valence-electron chi connectivity index (χ1n) is 6.57. The summed E-state index contributed by atoms with van der Waals surface area (Å²) < 4.78 is 0. The molecule has 0 fully saturated rings. The van der Waals surface area contributed by atoms with Crippen LogP contribution in [-0.4, -0.2) is 22.9 Å². The third-order valence-corrected chi connectivity index (χ3v) is 3.38. The average Bonchev–Trinajstić information content (AvgIpc) is 2.83. The lowest BCUT2D eigenvalue weighted by atomic mass is 10.1. The Morgan fingerprint density at radius 3 is 2.14 bits per heavy atom. The van der Waals surface area contributed by atoms with E-state index in [9.17, 15) is 14.4 Å². The third kappa shape index (κ3) is 2.29. The van der Waals surface area contributed by atoms with E-state index < -0.39 is 17.8 Å². The molecule has 22 heavy (non-hydrogen) atoms. The second-order valence-corrected chi connectivity index (χ2v) is 4.75. The molecule has 2 aromatic rings. The van der Waals surface area contributed by atoms with E-state index in [4.69, 9.17) is 5.11 Å². The summed E-state index contributed by atoms with van der Waals surface area (Å²) in [4.78, 5) is 36.4. The predicted molar refractivity (Wildman–Crippen MR) is 80.3 cm³/mol. The lowest BCUT2D eigenvalue weighted by Gasteiger charge is -2.15. The fourth-order valence-electron chi connectivity index (χ4n) is 2.29. The molecular formula is C17H11NO4. The Hall–Kier alpha value is -3.21. The van der Waals surface area contributed by atoms with Crippen molar-refractivity contribution in [1.29, 1.82) is 0 Å². The van der Waals surface area contributed by atoms with Gasteiger partial charge in [0, 0.05) is 6.08 Å². The number of carbonyl (C=O) groups is 3. The van der Waals surface area contributed by atoms with Crippen LogP contribution in [0, 0.1) is 0 Å². The van der Waals surface area contributed by atoms with Crippen molar-refractivity contribution in [2.75, 3.05) is 4.90 Å². The van der Waals surface area contributed by atoms with Crippen molar-refractivity contribution in [3.63, 3.8) is 0 Å². The van der Waals surface area contributed by atoms with Gasteiger partial charge in [-0.05, 0) is 29.8 Å². The molecule has 0 unspecified atom stereocenters. The molecule has 0 aliphatic carbocycles. The van der Waals surface area contributed by atoms with Crippen LogP contribution in [0.4, 0.5) is 5.69 Å². The molecule has 2 amide bonds. The maximum atomic E-state index is 12.5. The second kappa shape index (κ2) is 5.29. The number of benzene rings is 2. The third-order valence-electron chi connectivity index (χ3n) is 3.38. The SMILES string of the molecule is O=C(O)c1ccc(N2C(=O)C=C(c3ccccc3)C2=O)cc1. The monoisotopic (exact) mass is 293 g/mol. The summed E-state index contributed by atoms with van der Waals surface area (Å²) in [6.45, 7) is 0. The number of carboxylic acids is 1. The molecule has 3 rings (SSSR count). The van der Waals surface area contributed by atoms with Gasteiger partial charge in [-0.3, -0.25) is 9.59 Å². The number of carbonyl (C=O) groups excluding carboxylic acids is 2. The molecule has 1 heterocycles. The van der Waals surface area contributed by atoms with Gasteiger partial charge in [0.05, 0.1) is 16.8 Å². The van der Waals surface area contributed by atoms with Crippen molar-refractivity contribution in [3.05, 3.63) is 71.8 Å². The van der Waals surface area contributed by atoms with Gasteiger partial charge < -0.3 is 5.11 Å². The molecule has 5 nitrogen and oxygen atoms in total. The number of nitrogens with zero attached hydrogens (tertiary/aromatic N) is 1. The first-order chi connectivity index (χ1) is 10.6. The minimum absolute atomic E-state index is 0.0964. The highest BCUT2D eigenvalue weighted by Crippen LogP contribution is 2.28. The van der Waals surface area contributed by atoms with E-state index in [1.165, 1.54) is 30.3 Å². The largest absolute Gasteiger partial charge is 0.478 e. The molecule has 0 bridgehead atoms. The van der Waals surface area contributed by atoms with Crippen LogP contribution in [0.25, 0.3) is 5.57 Å². The minimum Gasteiger partial charge on any atom is -0.478 e. The molecule has 1 aliphatic rings. The van der Waals surface area contributed by atoms with E-state index in [-0.39, 0.29) is 5.56 Å². The van der Waals surface area contributed by atoms with Gasteiger partial charge in [0.25, 0.3) is 11.8 Å². The van der Waals surface area contributed by atoms with Crippen molar-refractivity contribution >= 4 is 29.0 Å². The van der Waals surface area contributed by atoms with Gasteiger partial charge in [0.1, 0.15) is 0 Å². The highest BCUT2D eigenvalue weighted by molar-refractivity contribution is 6.43. The molecular weight excluding hydrogens is 282 g/mol. The van der Waals surface area contributed by atoms with E-state index >= 15 is 0 Å². The number of rotatable bonds is 3. The van der Waals surface area contributed by atoms with Crippen LogP contribution in [-0.2, 0) is 9.59 Å². The molecule has 0 aromatic heterocycles. The number of hydrogen-bond acceptors (Lipinski definition) is 3. The van der Waals surface area contributed by atoms with E-state index in [1.54, 1.807) is 24.3 Å². The molecule has 0 saturated carbocycles. The normalized spacial score (nSPS) is 14.2. The van der Waals surface area contributed by atoms with Gasteiger partial charge in [-0.1, -0.05) is 30.3 Å². The Morgan fingerprint density at radius 1 is 0.909 bits per heavy atom. The molecule has 108 valence electrons. The predicted octanol–water partition coefficient (Wildman–Crippen LogP) is 2.34. The van der Waals surface area contributed by atoms with Crippen LogP contribution in [0.2, 0.25) is 0 Å². The summed E-state index contributed by atoms with van der Waals surface area (Å²) in [7, 11) is 0. The summed E-state index contributed by atoms with van der Waals surface area (Å²) in [5.74, 6) is -1.92. The lowest BCUT2D eigenvalue weighted by molar-refractivity contribution is -0.119. The molecule has 2 aromatic carbocycles. The van der Waals surface area contributed by atoms with Gasteiger partial charge in [-0.2, -0.15) is 0 Å². The molecule has 0 saturated heterocycles. The highest BCUT2D eigenvalue weighted by atomic mass is 16.4. The van der Waals surface area contributed by atoms with Crippen LogP contribution < -0.4 is 4.90 Å². The van der Waals surface area contributed by atoms with Crippen molar-refractivity contribution in [3.8, 4) is 0 Å². The average molecular weight is 293 g/mol. The van der Waals surface area contributed by atoms with E-state index in [1.807, 2.05) is 6.07 Å². The van der Waals surface area contributed by atoms with Crippen molar-refractivity contribution < 1.29 is 19.5 Å². The first kappa shape index (κ1) is 13.8. The van der Waals surface area contributed by atoms with Crippen LogP contribution >= 0.6 is 0 Å². The zero-order valence-corrected chi connectivity index (χ0v) is 11.4. The fourth-order valence-corrected chi connectivity index (χ4v) is 2.29. The quantitative estimate of drug-likeness (QED) is 0.881. The smallest absolute Gasteiger partial charge is 0.335 e. The van der Waals surface area contributed by atoms with Gasteiger partial charge in [-0.15, -0.1) is 0 Å². The number of amides is 2. The van der Waals surface area contributed by atoms with Crippen LogP contribution in [0.5, 0.6) is 0 Å². The maximum absolute atomic E-state index is 12.5. The standard InChI is InChI=1S/C17H11NO4/c19-15-10-14(11-4-2-1-3-5-11)16(20)18(15)13-8-6-12(7-9-13)17(21)22/h1-10H,(H,21,22). The Labute approximate surface area is 126 Å². The summed E-state index contributed by atoms with van der Waals surface area (Å²) in [6.07, 6.45) is 1.29. The summed E-state index contributed by atoms with van der Waals surface area (Å²) in [6, 6.07) is 14.5. The summed E-state index contributed by atoms with van der Waals surface area (Å²) in [5.41, 5.74) is 1.44. The highest BCUT2D eigenvalue weighted by Gasteiger charge is 2.32. The van der Waals surface area contributed by atoms with Crippen molar-refractivity contribution in [2.45, 2.75) is 0 Å². The van der Waals surface area contributed by atoms with E-state index in [2.05, 4.69) is 0 Å². The van der Waals surface area contributed by atoms with E-state index in [0.717, 1.165) is 4.90 Å². The summed E-state index contributed by atoms with van der Waals surface area (Å²) in [5, 5.41) is 8.88. The van der Waals surface area contributed by atoms with Gasteiger partial charge in [0.2, 0.25) is 0 Å². The van der Waals surface area contributed by atoms with Gasteiger partial charge in [-0.25, -0.2) is 9.69 Å². The van der Waals surface area contributed by atoms with Crippen LogP contribution in [0.1, 0.15) is 15.9 Å². The molecule has 5 heteroatoms. The van der Waals surface area contributed by atoms with Crippen LogP contribution in [0.15, 0.2) is 60.7 Å². The Balaban J connectivity index is 1.93. The van der Waals surface area contributed by atoms with Gasteiger partial charge in [0.15, 0.2) is 0 Å². The zero-order chi connectivity index (χ0) is 15.7. The number of imide groups is 1. The Kier molecular flexibility index (Phi) is 3.31. The van der Waals surface area contributed by atoms with Crippen molar-refractivity contribution in [1.82, 2.24) is 0 Å². The van der Waals surface area contributed by atoms with Gasteiger partial charge >= 0.3 is 5.97 Å². The maximum Gasteiger partial charge on any atom is 0.335 e. The number of anilines is 1. The topological polar surface area (TPSA) is 74.7 Å². The van der Waals surface area contributed by atoms with Crippen LogP contribution in [0.3, 0.4) is 0 Å². The summed E-state index contributed by atoms with van der Waals surface area (Å²) >= 11 is 0. The molecule has 1 aliphatic heterocycles. The zero-order valence-electron chi connectivity index (χ0n) is 11.4. The molecule has 0 radical (unpaired) electrons. The molecule has 0 atom stereocenters. The minimum atomic E-state index is -1.06.